The standard InChI is InChI=1S/C9H10FIS/c1-6-3-4-8(11)7(5-12-2)9(6)10/h3-4H,5H2,1-2H3. The third-order valence-corrected chi connectivity index (χ3v) is 3.26. The van der Waals surface area contributed by atoms with Crippen molar-refractivity contribution in [1.29, 1.82) is 0 Å². The van der Waals surface area contributed by atoms with Crippen molar-refractivity contribution in [1.82, 2.24) is 0 Å². The molecule has 12 heavy (non-hydrogen) atoms. The van der Waals surface area contributed by atoms with Crippen molar-refractivity contribution in [3.8, 4) is 0 Å². The van der Waals surface area contributed by atoms with E-state index < -0.39 is 0 Å². The predicted octanol–water partition coefficient (Wildman–Crippen LogP) is 3.60. The molecule has 0 unspecified atom stereocenters. The highest BCUT2D eigenvalue weighted by Gasteiger charge is 2.07. The summed E-state index contributed by atoms with van der Waals surface area (Å²) in [6, 6.07) is 3.78. The normalized spacial score (nSPS) is 10.3. The smallest absolute Gasteiger partial charge is 0.131 e. The summed E-state index contributed by atoms with van der Waals surface area (Å²) in [4.78, 5) is 0. The number of benzene rings is 1. The largest absolute Gasteiger partial charge is 0.206 e. The molecule has 66 valence electrons. The number of rotatable bonds is 2. The predicted molar refractivity (Wildman–Crippen MR) is 61.1 cm³/mol. The molecule has 0 nitrogen and oxygen atoms in total. The molecule has 0 aliphatic carbocycles. The number of hydrogen-bond donors (Lipinski definition) is 0. The Hall–Kier alpha value is 0.230. The lowest BCUT2D eigenvalue weighted by atomic mass is 10.1. The highest BCUT2D eigenvalue weighted by atomic mass is 127. The zero-order chi connectivity index (χ0) is 9.14. The topological polar surface area (TPSA) is 0 Å². The van der Waals surface area contributed by atoms with Crippen molar-refractivity contribution in [3.63, 3.8) is 0 Å². The van der Waals surface area contributed by atoms with Crippen LogP contribution in [0.4, 0.5) is 4.39 Å². The zero-order valence-electron chi connectivity index (χ0n) is 7.03. The van der Waals surface area contributed by atoms with Gasteiger partial charge in [0.15, 0.2) is 0 Å². The minimum Gasteiger partial charge on any atom is -0.206 e. The Labute approximate surface area is 90.1 Å². The van der Waals surface area contributed by atoms with Gasteiger partial charge in [-0.25, -0.2) is 4.39 Å². The molecule has 1 aromatic carbocycles. The van der Waals surface area contributed by atoms with Gasteiger partial charge in [-0.05, 0) is 47.4 Å². The fourth-order valence-corrected chi connectivity index (χ4v) is 2.43. The van der Waals surface area contributed by atoms with Gasteiger partial charge in [0.25, 0.3) is 0 Å². The van der Waals surface area contributed by atoms with E-state index in [1.165, 1.54) is 0 Å². The first-order chi connectivity index (χ1) is 5.66. The number of hydrogen-bond acceptors (Lipinski definition) is 1. The molecule has 0 aliphatic rings. The minimum atomic E-state index is -0.0451. The van der Waals surface area contributed by atoms with Crippen LogP contribution in [-0.2, 0) is 5.75 Å². The van der Waals surface area contributed by atoms with E-state index in [4.69, 9.17) is 0 Å². The van der Waals surface area contributed by atoms with Gasteiger partial charge < -0.3 is 0 Å². The first-order valence-corrected chi connectivity index (χ1v) is 6.06. The lowest BCUT2D eigenvalue weighted by Crippen LogP contribution is -1.94. The Balaban J connectivity index is 3.14. The molecule has 0 radical (unpaired) electrons. The van der Waals surface area contributed by atoms with E-state index in [0.29, 0.717) is 0 Å². The van der Waals surface area contributed by atoms with Gasteiger partial charge in [0, 0.05) is 14.9 Å². The first-order valence-electron chi connectivity index (χ1n) is 3.59. The van der Waals surface area contributed by atoms with Crippen LogP contribution in [0.2, 0.25) is 0 Å². The van der Waals surface area contributed by atoms with Crippen LogP contribution in [0.25, 0.3) is 0 Å². The molecule has 0 heterocycles. The SMILES string of the molecule is CSCc1c(I)ccc(C)c1F. The number of thioether (sulfide) groups is 1. The summed E-state index contributed by atoms with van der Waals surface area (Å²) in [5.41, 5.74) is 1.57. The van der Waals surface area contributed by atoms with Crippen LogP contribution in [0.15, 0.2) is 12.1 Å². The van der Waals surface area contributed by atoms with Gasteiger partial charge in [0.1, 0.15) is 5.82 Å². The zero-order valence-corrected chi connectivity index (χ0v) is 10.00. The van der Waals surface area contributed by atoms with Crippen molar-refractivity contribution in [2.45, 2.75) is 12.7 Å². The number of aryl methyl sites for hydroxylation is 1. The Morgan fingerprint density at radius 3 is 2.75 bits per heavy atom. The quantitative estimate of drug-likeness (QED) is 0.751. The van der Waals surface area contributed by atoms with E-state index in [-0.39, 0.29) is 5.82 Å². The van der Waals surface area contributed by atoms with Crippen LogP contribution < -0.4 is 0 Å². The highest BCUT2D eigenvalue weighted by molar-refractivity contribution is 14.1. The molecule has 0 aromatic heterocycles. The average molecular weight is 296 g/mol. The van der Waals surface area contributed by atoms with Gasteiger partial charge in [-0.3, -0.25) is 0 Å². The monoisotopic (exact) mass is 296 g/mol. The maximum absolute atomic E-state index is 13.4. The van der Waals surface area contributed by atoms with Crippen LogP contribution in [0, 0.1) is 16.3 Å². The molecule has 3 heteroatoms. The van der Waals surface area contributed by atoms with Gasteiger partial charge in [-0.1, -0.05) is 6.07 Å². The third kappa shape index (κ3) is 2.13. The van der Waals surface area contributed by atoms with E-state index in [1.54, 1.807) is 18.7 Å². The van der Waals surface area contributed by atoms with Gasteiger partial charge in [0.2, 0.25) is 0 Å². The second kappa shape index (κ2) is 4.46. The molecule has 1 aromatic rings. The fraction of sp³-hybridized carbons (Fsp3) is 0.333. The number of halogens is 2. The van der Waals surface area contributed by atoms with Crippen molar-refractivity contribution in [3.05, 3.63) is 32.6 Å². The van der Waals surface area contributed by atoms with Gasteiger partial charge in [-0.15, -0.1) is 0 Å². The van der Waals surface area contributed by atoms with Gasteiger partial charge >= 0.3 is 0 Å². The van der Waals surface area contributed by atoms with E-state index in [1.807, 2.05) is 18.4 Å². The molecular formula is C9H10FIS. The summed E-state index contributed by atoms with van der Waals surface area (Å²) < 4.78 is 14.4. The molecule has 0 amide bonds. The Kier molecular flexibility index (Phi) is 3.83. The van der Waals surface area contributed by atoms with Crippen LogP contribution in [0.1, 0.15) is 11.1 Å². The summed E-state index contributed by atoms with van der Waals surface area (Å²) in [6.45, 7) is 1.80. The van der Waals surface area contributed by atoms with Crippen molar-refractivity contribution in [2.24, 2.45) is 0 Å². The third-order valence-electron chi connectivity index (χ3n) is 1.67. The summed E-state index contributed by atoms with van der Waals surface area (Å²) in [6.07, 6.45) is 1.98. The Morgan fingerprint density at radius 1 is 1.50 bits per heavy atom. The molecule has 0 saturated heterocycles. The molecule has 0 fully saturated rings. The van der Waals surface area contributed by atoms with E-state index in [2.05, 4.69) is 22.6 Å². The van der Waals surface area contributed by atoms with Crippen molar-refractivity contribution < 1.29 is 4.39 Å². The molecule has 0 spiro atoms. The molecule has 0 bridgehead atoms. The summed E-state index contributed by atoms with van der Waals surface area (Å²) >= 11 is 3.82. The maximum Gasteiger partial charge on any atom is 0.131 e. The van der Waals surface area contributed by atoms with E-state index in [9.17, 15) is 4.39 Å². The molecule has 0 N–H and O–H groups in total. The lowest BCUT2D eigenvalue weighted by molar-refractivity contribution is 0.606. The fourth-order valence-electron chi connectivity index (χ4n) is 0.991. The summed E-state index contributed by atoms with van der Waals surface area (Å²) in [7, 11) is 0. The van der Waals surface area contributed by atoms with Crippen LogP contribution in [0.5, 0.6) is 0 Å². The van der Waals surface area contributed by atoms with Crippen molar-refractivity contribution >= 4 is 34.4 Å². The van der Waals surface area contributed by atoms with Crippen LogP contribution in [0.3, 0.4) is 0 Å². The molecule has 0 saturated carbocycles. The molecule has 1 rings (SSSR count). The summed E-state index contributed by atoms with van der Waals surface area (Å²) in [5.74, 6) is 0.711. The average Bonchev–Trinajstić information content (AvgIpc) is 2.06. The molecule has 0 aliphatic heterocycles. The second-order valence-electron chi connectivity index (χ2n) is 2.59. The van der Waals surface area contributed by atoms with Crippen LogP contribution in [-0.4, -0.2) is 6.26 Å². The highest BCUT2D eigenvalue weighted by Crippen LogP contribution is 2.22. The Morgan fingerprint density at radius 2 is 2.17 bits per heavy atom. The van der Waals surface area contributed by atoms with Crippen molar-refractivity contribution in [2.75, 3.05) is 6.26 Å². The summed E-state index contributed by atoms with van der Waals surface area (Å²) in [5, 5.41) is 0. The maximum atomic E-state index is 13.4. The van der Waals surface area contributed by atoms with E-state index >= 15 is 0 Å². The van der Waals surface area contributed by atoms with Crippen LogP contribution >= 0.6 is 34.4 Å². The second-order valence-corrected chi connectivity index (χ2v) is 4.62. The lowest BCUT2D eigenvalue weighted by Gasteiger charge is -2.06. The molecule has 0 atom stereocenters. The van der Waals surface area contributed by atoms with Gasteiger partial charge in [-0.2, -0.15) is 11.8 Å². The van der Waals surface area contributed by atoms with E-state index in [0.717, 1.165) is 20.4 Å². The minimum absolute atomic E-state index is 0.0451. The first kappa shape index (κ1) is 10.3. The van der Waals surface area contributed by atoms with Gasteiger partial charge in [0.05, 0.1) is 0 Å². The Bertz CT molecular complexity index is 286. The molecular weight excluding hydrogens is 286 g/mol.